The number of nitrogens with one attached hydrogen (secondary N) is 1. The second kappa shape index (κ2) is 8.00. The molecule has 1 heterocycles. The van der Waals surface area contributed by atoms with Crippen molar-refractivity contribution in [3.63, 3.8) is 0 Å². The fraction of sp³-hybridized carbons (Fsp3) is 0.167. The number of ether oxygens (including phenoxy) is 1. The first-order valence-corrected chi connectivity index (χ1v) is 7.10. The summed E-state index contributed by atoms with van der Waals surface area (Å²) >= 11 is 0. The van der Waals surface area contributed by atoms with Crippen molar-refractivity contribution in [1.29, 1.82) is 0 Å². The molecule has 0 fully saturated rings. The molecule has 114 valence electrons. The number of hydrogen-bond acceptors (Lipinski definition) is 3. The lowest BCUT2D eigenvalue weighted by atomic mass is 10.2. The van der Waals surface area contributed by atoms with Gasteiger partial charge in [-0.25, -0.2) is 0 Å². The molecule has 1 aliphatic heterocycles. The Labute approximate surface area is 131 Å². The van der Waals surface area contributed by atoms with Crippen LogP contribution in [0.5, 0.6) is 0 Å². The van der Waals surface area contributed by atoms with E-state index < -0.39 is 0 Å². The monoisotopic (exact) mass is 296 g/mol. The average molecular weight is 296 g/mol. The molecule has 0 atom stereocenters. The Morgan fingerprint density at radius 3 is 2.73 bits per heavy atom. The summed E-state index contributed by atoms with van der Waals surface area (Å²) in [5.41, 5.74) is 2.16. The van der Waals surface area contributed by atoms with Gasteiger partial charge in [0.15, 0.2) is 0 Å². The summed E-state index contributed by atoms with van der Waals surface area (Å²) in [7, 11) is 0. The van der Waals surface area contributed by atoms with Crippen molar-refractivity contribution < 1.29 is 9.53 Å². The first kappa shape index (κ1) is 15.8. The number of nitrogens with zero attached hydrogens (tertiary/aromatic N) is 1. The van der Waals surface area contributed by atoms with Crippen LogP contribution < -0.4 is 5.32 Å². The van der Waals surface area contributed by atoms with Crippen LogP contribution in [0.25, 0.3) is 0 Å². The molecule has 0 saturated carbocycles. The Morgan fingerprint density at radius 1 is 1.23 bits per heavy atom. The van der Waals surface area contributed by atoms with Gasteiger partial charge in [-0.2, -0.15) is 0 Å². The van der Waals surface area contributed by atoms with E-state index >= 15 is 0 Å². The van der Waals surface area contributed by atoms with E-state index in [1.807, 2.05) is 48.6 Å². The molecule has 1 aromatic rings. The van der Waals surface area contributed by atoms with Gasteiger partial charge in [0.25, 0.3) is 5.91 Å². The number of carbonyl (C=O) groups is 1. The molecule has 4 heteroatoms. The minimum atomic E-state index is -0.232. The number of allylic oxidation sites excluding steroid dienone is 3. The zero-order chi connectivity index (χ0) is 15.8. The fourth-order valence-corrected chi connectivity index (χ4v) is 1.95. The molecule has 1 aromatic carbocycles. The third kappa shape index (κ3) is 4.46. The molecule has 2 rings (SSSR count). The predicted octanol–water partition coefficient (Wildman–Crippen LogP) is 2.73. The maximum Gasteiger partial charge on any atom is 0.267 e. The molecular weight excluding hydrogens is 276 g/mol. The van der Waals surface area contributed by atoms with E-state index in [1.165, 1.54) is 0 Å². The van der Waals surface area contributed by atoms with Gasteiger partial charge in [-0.15, -0.1) is 0 Å². The van der Waals surface area contributed by atoms with E-state index in [0.717, 1.165) is 5.56 Å². The summed E-state index contributed by atoms with van der Waals surface area (Å²) in [6, 6.07) is 9.91. The molecule has 0 unspecified atom stereocenters. The summed E-state index contributed by atoms with van der Waals surface area (Å²) in [5, 5.41) is 2.78. The first-order valence-electron chi connectivity index (χ1n) is 7.10. The molecule has 0 saturated heterocycles. The largest absolute Gasteiger partial charge is 0.375 e. The van der Waals surface area contributed by atoms with Gasteiger partial charge in [0.05, 0.1) is 13.2 Å². The first-order chi connectivity index (χ1) is 10.7. The highest BCUT2D eigenvalue weighted by atomic mass is 16.5. The Kier molecular flexibility index (Phi) is 5.74. The topological polar surface area (TPSA) is 41.6 Å². The van der Waals surface area contributed by atoms with Crippen LogP contribution in [-0.4, -0.2) is 24.0 Å². The van der Waals surface area contributed by atoms with Crippen molar-refractivity contribution in [2.75, 3.05) is 13.2 Å². The summed E-state index contributed by atoms with van der Waals surface area (Å²) in [5.74, 6) is -0.232. The Balaban J connectivity index is 1.67. The Morgan fingerprint density at radius 2 is 2.00 bits per heavy atom. The molecule has 4 nitrogen and oxygen atoms in total. The van der Waals surface area contributed by atoms with Crippen molar-refractivity contribution in [2.45, 2.75) is 6.61 Å². The molecule has 1 amide bonds. The van der Waals surface area contributed by atoms with Gasteiger partial charge in [0.1, 0.15) is 5.70 Å². The van der Waals surface area contributed by atoms with Gasteiger partial charge >= 0.3 is 0 Å². The van der Waals surface area contributed by atoms with Crippen molar-refractivity contribution >= 4 is 5.91 Å². The molecule has 0 radical (unpaired) electrons. The van der Waals surface area contributed by atoms with E-state index in [1.54, 1.807) is 11.1 Å². The molecule has 0 aliphatic carbocycles. The minimum absolute atomic E-state index is 0.232. The van der Waals surface area contributed by atoms with Gasteiger partial charge in [-0.1, -0.05) is 49.6 Å². The van der Waals surface area contributed by atoms with Gasteiger partial charge in [-0.3, -0.25) is 4.79 Å². The highest BCUT2D eigenvalue weighted by Crippen LogP contribution is 2.15. The maximum atomic E-state index is 12.0. The fourth-order valence-electron chi connectivity index (χ4n) is 1.95. The normalized spacial score (nSPS) is 13.3. The summed E-state index contributed by atoms with van der Waals surface area (Å²) < 4.78 is 5.52. The third-order valence-electron chi connectivity index (χ3n) is 3.14. The van der Waals surface area contributed by atoms with Gasteiger partial charge in [0, 0.05) is 18.4 Å². The standard InChI is InChI=1S/C18H20N2O2/c1-15-8-6-7-12-20(15)16(2)18(21)19-11-13-22-14-17-9-4-3-5-10-17/h3-10,12H,1-2,11,13-14H2,(H,19,21). The van der Waals surface area contributed by atoms with Gasteiger partial charge in [-0.05, 0) is 17.7 Å². The SMILES string of the molecule is C=C1C=CC=CN1C(=C)C(=O)NCCOCc1ccccc1. The molecule has 1 N–H and O–H groups in total. The van der Waals surface area contributed by atoms with E-state index in [-0.39, 0.29) is 5.91 Å². The number of carbonyl (C=O) groups excluding carboxylic acids is 1. The van der Waals surface area contributed by atoms with Crippen LogP contribution >= 0.6 is 0 Å². The second-order valence-corrected chi connectivity index (χ2v) is 4.80. The van der Waals surface area contributed by atoms with Crippen molar-refractivity contribution in [3.05, 3.63) is 84.9 Å². The van der Waals surface area contributed by atoms with Crippen molar-refractivity contribution in [2.24, 2.45) is 0 Å². The zero-order valence-electron chi connectivity index (χ0n) is 12.5. The molecule has 1 aliphatic rings. The molecule has 0 bridgehead atoms. The Bertz CT molecular complexity index is 603. The highest BCUT2D eigenvalue weighted by molar-refractivity contribution is 5.92. The maximum absolute atomic E-state index is 12.0. The summed E-state index contributed by atoms with van der Waals surface area (Å²) in [6.45, 7) is 9.09. The van der Waals surface area contributed by atoms with E-state index in [0.29, 0.717) is 31.2 Å². The molecule has 0 spiro atoms. The van der Waals surface area contributed by atoms with Crippen LogP contribution in [-0.2, 0) is 16.1 Å². The van der Waals surface area contributed by atoms with E-state index in [4.69, 9.17) is 4.74 Å². The lowest BCUT2D eigenvalue weighted by Crippen LogP contribution is -2.33. The van der Waals surface area contributed by atoms with Crippen LogP contribution in [0.3, 0.4) is 0 Å². The van der Waals surface area contributed by atoms with Crippen molar-refractivity contribution in [1.82, 2.24) is 10.2 Å². The average Bonchev–Trinajstić information content (AvgIpc) is 2.55. The highest BCUT2D eigenvalue weighted by Gasteiger charge is 2.15. The van der Waals surface area contributed by atoms with Crippen LogP contribution in [0.4, 0.5) is 0 Å². The molecular formula is C18H20N2O2. The van der Waals surface area contributed by atoms with Crippen LogP contribution in [0, 0.1) is 0 Å². The van der Waals surface area contributed by atoms with Gasteiger partial charge in [0.2, 0.25) is 0 Å². The predicted molar refractivity (Wildman–Crippen MR) is 87.5 cm³/mol. The number of hydrogen-bond donors (Lipinski definition) is 1. The van der Waals surface area contributed by atoms with E-state index in [2.05, 4.69) is 18.5 Å². The quantitative estimate of drug-likeness (QED) is 0.621. The lowest BCUT2D eigenvalue weighted by Gasteiger charge is -2.23. The summed E-state index contributed by atoms with van der Waals surface area (Å²) in [4.78, 5) is 13.7. The smallest absolute Gasteiger partial charge is 0.267 e. The minimum Gasteiger partial charge on any atom is -0.375 e. The number of rotatable bonds is 7. The lowest BCUT2D eigenvalue weighted by molar-refractivity contribution is -0.118. The number of benzene rings is 1. The summed E-state index contributed by atoms with van der Waals surface area (Å²) in [6.07, 6.45) is 7.27. The Hall–Kier alpha value is -2.59. The zero-order valence-corrected chi connectivity index (χ0v) is 12.5. The molecule has 0 aromatic heterocycles. The van der Waals surface area contributed by atoms with Crippen LogP contribution in [0.15, 0.2) is 79.3 Å². The van der Waals surface area contributed by atoms with Crippen LogP contribution in [0.2, 0.25) is 0 Å². The van der Waals surface area contributed by atoms with Gasteiger partial charge < -0.3 is 15.0 Å². The van der Waals surface area contributed by atoms with E-state index in [9.17, 15) is 4.79 Å². The number of amides is 1. The second-order valence-electron chi connectivity index (χ2n) is 4.80. The van der Waals surface area contributed by atoms with Crippen molar-refractivity contribution in [3.8, 4) is 0 Å². The molecule has 22 heavy (non-hydrogen) atoms. The third-order valence-corrected chi connectivity index (χ3v) is 3.14. The van der Waals surface area contributed by atoms with Crippen LogP contribution in [0.1, 0.15) is 5.56 Å².